The summed E-state index contributed by atoms with van der Waals surface area (Å²) in [5, 5.41) is 17.8. The Morgan fingerprint density at radius 2 is 1.97 bits per heavy atom. The normalized spacial score (nSPS) is 10.5. The molecule has 3 aromatic rings. The third-order valence-electron chi connectivity index (χ3n) is 4.32. The highest BCUT2D eigenvalue weighted by molar-refractivity contribution is 5.96. The summed E-state index contributed by atoms with van der Waals surface area (Å²) in [5.74, 6) is -0.774. The summed E-state index contributed by atoms with van der Waals surface area (Å²) in [4.78, 5) is 38.9. The molecular weight excluding hydrogens is 390 g/mol. The van der Waals surface area contributed by atoms with E-state index in [1.807, 2.05) is 19.9 Å². The fraction of sp³-hybridized carbons (Fsp3) is 0.200. The molecule has 0 aliphatic carbocycles. The Labute approximate surface area is 171 Å². The van der Waals surface area contributed by atoms with Crippen LogP contribution in [0, 0.1) is 30.9 Å². The maximum absolute atomic E-state index is 12.2. The number of hydrogen-bond donors (Lipinski definition) is 1. The number of anilines is 1. The average molecular weight is 409 g/mol. The van der Waals surface area contributed by atoms with Crippen LogP contribution in [0.5, 0.6) is 0 Å². The van der Waals surface area contributed by atoms with Gasteiger partial charge in [0.1, 0.15) is 0 Å². The molecule has 1 aromatic carbocycles. The molecule has 154 valence electrons. The smallest absolute Gasteiger partial charge is 0.340 e. The fourth-order valence-corrected chi connectivity index (χ4v) is 2.85. The number of nitro groups is 1. The van der Waals surface area contributed by atoms with Gasteiger partial charge >= 0.3 is 5.97 Å². The Morgan fingerprint density at radius 3 is 2.57 bits per heavy atom. The first-order chi connectivity index (χ1) is 14.3. The van der Waals surface area contributed by atoms with Crippen LogP contribution in [0.15, 0.2) is 42.6 Å². The first kappa shape index (κ1) is 20.6. The predicted molar refractivity (Wildman–Crippen MR) is 108 cm³/mol. The lowest BCUT2D eigenvalue weighted by Crippen LogP contribution is -2.21. The standard InChI is InChI=1S/C20H19N5O5/c1-12-9-13(2)24(23-12)18-8-7-15(10-21-18)20(27)30-11-19(26)22-16-5-4-6-17(14(16)3)25(28)29/h4-10H,11H2,1-3H3,(H,22,26). The zero-order valence-electron chi connectivity index (χ0n) is 16.6. The molecule has 10 heteroatoms. The number of nitrogens with one attached hydrogen (secondary N) is 1. The molecule has 0 atom stereocenters. The van der Waals surface area contributed by atoms with Gasteiger partial charge in [0.05, 0.1) is 27.4 Å². The lowest BCUT2D eigenvalue weighted by atomic mass is 10.1. The van der Waals surface area contributed by atoms with Crippen LogP contribution < -0.4 is 5.32 Å². The van der Waals surface area contributed by atoms with Crippen LogP contribution in [0.2, 0.25) is 0 Å². The van der Waals surface area contributed by atoms with Crippen molar-refractivity contribution in [2.45, 2.75) is 20.8 Å². The number of benzene rings is 1. The van der Waals surface area contributed by atoms with E-state index in [0.717, 1.165) is 11.4 Å². The molecule has 1 N–H and O–H groups in total. The van der Waals surface area contributed by atoms with E-state index in [2.05, 4.69) is 15.4 Å². The van der Waals surface area contributed by atoms with E-state index in [4.69, 9.17) is 4.74 Å². The third kappa shape index (κ3) is 4.49. The van der Waals surface area contributed by atoms with Crippen LogP contribution in [-0.4, -0.2) is 38.2 Å². The molecule has 0 aliphatic heterocycles. The van der Waals surface area contributed by atoms with E-state index in [-0.39, 0.29) is 16.9 Å². The molecule has 0 spiro atoms. The quantitative estimate of drug-likeness (QED) is 0.376. The summed E-state index contributed by atoms with van der Waals surface area (Å²) in [6.07, 6.45) is 1.34. The second-order valence-corrected chi connectivity index (χ2v) is 6.58. The van der Waals surface area contributed by atoms with Gasteiger partial charge in [0, 0.05) is 18.0 Å². The molecule has 0 bridgehead atoms. The number of carbonyl (C=O) groups is 2. The molecule has 0 saturated carbocycles. The highest BCUT2D eigenvalue weighted by Crippen LogP contribution is 2.24. The van der Waals surface area contributed by atoms with E-state index < -0.39 is 23.4 Å². The number of nitro benzene ring substituents is 1. The minimum Gasteiger partial charge on any atom is -0.452 e. The molecule has 0 aliphatic rings. The van der Waals surface area contributed by atoms with Crippen LogP contribution in [0.4, 0.5) is 11.4 Å². The number of aryl methyl sites for hydroxylation is 2. The lowest BCUT2D eigenvalue weighted by Gasteiger charge is -2.09. The van der Waals surface area contributed by atoms with E-state index in [9.17, 15) is 19.7 Å². The van der Waals surface area contributed by atoms with Gasteiger partial charge in [0.2, 0.25) is 0 Å². The van der Waals surface area contributed by atoms with Crippen molar-refractivity contribution in [1.82, 2.24) is 14.8 Å². The number of rotatable bonds is 6. The van der Waals surface area contributed by atoms with E-state index in [0.29, 0.717) is 11.4 Å². The molecule has 2 heterocycles. The average Bonchev–Trinajstić information content (AvgIpc) is 3.05. The Hall–Kier alpha value is -4.08. The van der Waals surface area contributed by atoms with Crippen molar-refractivity contribution >= 4 is 23.3 Å². The van der Waals surface area contributed by atoms with Gasteiger partial charge in [-0.15, -0.1) is 0 Å². The third-order valence-corrected chi connectivity index (χ3v) is 4.32. The Morgan fingerprint density at radius 1 is 1.20 bits per heavy atom. The molecule has 0 unspecified atom stereocenters. The van der Waals surface area contributed by atoms with Crippen LogP contribution >= 0.6 is 0 Å². The lowest BCUT2D eigenvalue weighted by molar-refractivity contribution is -0.385. The zero-order valence-corrected chi connectivity index (χ0v) is 16.6. The van der Waals surface area contributed by atoms with E-state index in [1.54, 1.807) is 10.7 Å². The van der Waals surface area contributed by atoms with E-state index >= 15 is 0 Å². The van der Waals surface area contributed by atoms with Crippen molar-refractivity contribution < 1.29 is 19.2 Å². The highest BCUT2D eigenvalue weighted by atomic mass is 16.6. The number of hydrogen-bond acceptors (Lipinski definition) is 7. The van der Waals surface area contributed by atoms with Crippen LogP contribution in [0.25, 0.3) is 5.82 Å². The molecule has 2 aromatic heterocycles. The number of esters is 1. The number of carbonyl (C=O) groups excluding carboxylic acids is 2. The van der Waals surface area contributed by atoms with Crippen molar-refractivity contribution in [3.63, 3.8) is 0 Å². The molecule has 1 amide bonds. The summed E-state index contributed by atoms with van der Waals surface area (Å²) >= 11 is 0. The summed E-state index contributed by atoms with van der Waals surface area (Å²) < 4.78 is 6.66. The largest absolute Gasteiger partial charge is 0.452 e. The zero-order chi connectivity index (χ0) is 21.8. The molecular formula is C20H19N5O5. The van der Waals surface area contributed by atoms with Crippen molar-refractivity contribution in [3.05, 3.63) is 75.2 Å². The van der Waals surface area contributed by atoms with Crippen LogP contribution in [0.1, 0.15) is 27.3 Å². The van der Waals surface area contributed by atoms with Gasteiger partial charge < -0.3 is 10.1 Å². The first-order valence-corrected chi connectivity index (χ1v) is 8.97. The maximum Gasteiger partial charge on any atom is 0.340 e. The Bertz CT molecular complexity index is 1120. The maximum atomic E-state index is 12.2. The van der Waals surface area contributed by atoms with Crippen LogP contribution in [-0.2, 0) is 9.53 Å². The van der Waals surface area contributed by atoms with Gasteiger partial charge in [-0.1, -0.05) is 6.07 Å². The monoisotopic (exact) mass is 409 g/mol. The van der Waals surface area contributed by atoms with Crippen molar-refractivity contribution in [2.75, 3.05) is 11.9 Å². The molecule has 0 radical (unpaired) electrons. The predicted octanol–water partition coefficient (Wildman–Crippen LogP) is 2.90. The Balaban J connectivity index is 1.60. The first-order valence-electron chi connectivity index (χ1n) is 8.97. The number of aromatic nitrogens is 3. The van der Waals surface area contributed by atoms with Crippen molar-refractivity contribution in [3.8, 4) is 5.82 Å². The topological polar surface area (TPSA) is 129 Å². The van der Waals surface area contributed by atoms with Gasteiger partial charge in [-0.3, -0.25) is 14.9 Å². The van der Waals surface area contributed by atoms with Gasteiger partial charge in [-0.05, 0) is 45.0 Å². The molecule has 10 nitrogen and oxygen atoms in total. The number of nitrogens with zero attached hydrogens (tertiary/aromatic N) is 4. The summed E-state index contributed by atoms with van der Waals surface area (Å²) in [7, 11) is 0. The van der Waals surface area contributed by atoms with Crippen molar-refractivity contribution in [2.24, 2.45) is 0 Å². The van der Waals surface area contributed by atoms with Gasteiger partial charge in [0.15, 0.2) is 12.4 Å². The minimum atomic E-state index is -0.715. The number of pyridine rings is 1. The summed E-state index contributed by atoms with van der Waals surface area (Å²) in [6.45, 7) is 4.75. The van der Waals surface area contributed by atoms with Gasteiger partial charge in [-0.2, -0.15) is 5.10 Å². The molecule has 0 fully saturated rings. The van der Waals surface area contributed by atoms with Gasteiger partial charge in [-0.25, -0.2) is 14.5 Å². The SMILES string of the molecule is Cc1cc(C)n(-c2ccc(C(=O)OCC(=O)Nc3cccc([N+](=O)[O-])c3C)cn2)n1. The van der Waals surface area contributed by atoms with Crippen LogP contribution in [0.3, 0.4) is 0 Å². The number of ether oxygens (including phenoxy) is 1. The second kappa shape index (κ2) is 8.52. The number of amides is 1. The molecule has 3 rings (SSSR count). The summed E-state index contributed by atoms with van der Waals surface area (Å²) in [6, 6.07) is 9.40. The summed E-state index contributed by atoms with van der Waals surface area (Å²) in [5.41, 5.74) is 2.41. The minimum absolute atomic E-state index is 0.112. The highest BCUT2D eigenvalue weighted by Gasteiger charge is 2.16. The Kier molecular flexibility index (Phi) is 5.86. The second-order valence-electron chi connectivity index (χ2n) is 6.58. The van der Waals surface area contributed by atoms with E-state index in [1.165, 1.54) is 37.4 Å². The van der Waals surface area contributed by atoms with Crippen molar-refractivity contribution in [1.29, 1.82) is 0 Å². The molecule has 30 heavy (non-hydrogen) atoms. The molecule has 0 saturated heterocycles. The van der Waals surface area contributed by atoms with Gasteiger partial charge in [0.25, 0.3) is 11.6 Å². The fourth-order valence-electron chi connectivity index (χ4n) is 2.85.